The number of esters is 1. The number of nitro benzene ring substituents is 1. The Labute approximate surface area is 112 Å². The third kappa shape index (κ3) is 2.53. The van der Waals surface area contributed by atoms with Crippen molar-refractivity contribution >= 4 is 11.7 Å². The van der Waals surface area contributed by atoms with Crippen LogP contribution in [0.4, 0.5) is 5.69 Å². The molecule has 0 bridgehead atoms. The number of carbonyl (C=O) groups excluding carboxylic acids is 1. The average molecular weight is 275 g/mol. The van der Waals surface area contributed by atoms with Crippen molar-refractivity contribution in [2.75, 3.05) is 7.11 Å². The van der Waals surface area contributed by atoms with E-state index in [2.05, 4.69) is 9.84 Å². The Kier molecular flexibility index (Phi) is 3.56. The molecule has 0 aliphatic rings. The van der Waals surface area contributed by atoms with E-state index in [1.54, 1.807) is 0 Å². The van der Waals surface area contributed by atoms with Gasteiger partial charge in [0.2, 0.25) is 11.1 Å². The molecule has 0 aliphatic carbocycles. The van der Waals surface area contributed by atoms with E-state index in [-0.39, 0.29) is 11.4 Å². The number of nitro groups is 1. The number of nitrogens with zero attached hydrogens (tertiary/aromatic N) is 3. The molecule has 8 heteroatoms. The molecule has 0 unspecified atom stereocenters. The second-order valence-corrected chi connectivity index (χ2v) is 3.74. The lowest BCUT2D eigenvalue weighted by atomic mass is 10.3. The fraction of sp³-hybridized carbons (Fsp3) is 0.0833. The standard InChI is InChI=1S/C12H9N3O5/c1-20-12(17)11-10(16)6-7-14(13-11)8-2-4-9(5-3-8)15(18)19/h2-7H,1H3. The van der Waals surface area contributed by atoms with Crippen molar-refractivity contribution in [2.45, 2.75) is 0 Å². The fourth-order valence-electron chi connectivity index (χ4n) is 1.52. The Morgan fingerprint density at radius 1 is 1.30 bits per heavy atom. The molecule has 2 rings (SSSR count). The Morgan fingerprint density at radius 3 is 2.50 bits per heavy atom. The van der Waals surface area contributed by atoms with Gasteiger partial charge in [-0.3, -0.25) is 14.9 Å². The smallest absolute Gasteiger partial charge is 0.362 e. The van der Waals surface area contributed by atoms with Crippen molar-refractivity contribution in [1.29, 1.82) is 0 Å². The highest BCUT2D eigenvalue weighted by molar-refractivity contribution is 5.86. The van der Waals surface area contributed by atoms with Crippen molar-refractivity contribution in [2.24, 2.45) is 0 Å². The van der Waals surface area contributed by atoms with Gasteiger partial charge >= 0.3 is 5.97 Å². The molecule has 20 heavy (non-hydrogen) atoms. The summed E-state index contributed by atoms with van der Waals surface area (Å²) < 4.78 is 5.72. The lowest BCUT2D eigenvalue weighted by Crippen LogP contribution is -2.21. The number of rotatable bonds is 3. The number of ether oxygens (including phenoxy) is 1. The zero-order valence-electron chi connectivity index (χ0n) is 10.3. The van der Waals surface area contributed by atoms with Crippen LogP contribution in [0.25, 0.3) is 5.69 Å². The van der Waals surface area contributed by atoms with Crippen molar-refractivity contribution in [3.05, 3.63) is 62.6 Å². The zero-order chi connectivity index (χ0) is 14.7. The van der Waals surface area contributed by atoms with Crippen LogP contribution in [-0.2, 0) is 4.74 Å². The van der Waals surface area contributed by atoms with Crippen molar-refractivity contribution in [1.82, 2.24) is 9.78 Å². The summed E-state index contributed by atoms with van der Waals surface area (Å²) in [5.74, 6) is -0.841. The largest absolute Gasteiger partial charge is 0.464 e. The summed E-state index contributed by atoms with van der Waals surface area (Å²) in [6.07, 6.45) is 1.36. The maximum atomic E-state index is 11.5. The number of methoxy groups -OCH3 is 1. The van der Waals surface area contributed by atoms with Crippen LogP contribution in [0.5, 0.6) is 0 Å². The van der Waals surface area contributed by atoms with Gasteiger partial charge in [0.25, 0.3) is 5.69 Å². The molecular weight excluding hydrogens is 266 g/mol. The number of hydrogen-bond acceptors (Lipinski definition) is 6. The predicted molar refractivity (Wildman–Crippen MR) is 67.8 cm³/mol. The number of hydrogen-bond donors (Lipinski definition) is 0. The van der Waals surface area contributed by atoms with Gasteiger partial charge in [-0.2, -0.15) is 5.10 Å². The molecule has 0 amide bonds. The molecule has 0 atom stereocenters. The summed E-state index contributed by atoms with van der Waals surface area (Å²) in [7, 11) is 1.15. The maximum absolute atomic E-state index is 11.5. The Hall–Kier alpha value is -3.03. The highest BCUT2D eigenvalue weighted by Crippen LogP contribution is 2.14. The van der Waals surface area contributed by atoms with E-state index in [0.717, 1.165) is 7.11 Å². The summed E-state index contributed by atoms with van der Waals surface area (Å²) in [6.45, 7) is 0. The summed E-state index contributed by atoms with van der Waals surface area (Å²) >= 11 is 0. The molecule has 0 N–H and O–H groups in total. The van der Waals surface area contributed by atoms with Crippen LogP contribution in [0.2, 0.25) is 0 Å². The third-order valence-electron chi connectivity index (χ3n) is 2.51. The van der Waals surface area contributed by atoms with Crippen LogP contribution < -0.4 is 5.43 Å². The van der Waals surface area contributed by atoms with E-state index in [0.29, 0.717) is 5.69 Å². The van der Waals surface area contributed by atoms with Crippen LogP contribution in [0.15, 0.2) is 41.3 Å². The molecule has 1 aromatic heterocycles. The van der Waals surface area contributed by atoms with Gasteiger partial charge < -0.3 is 4.74 Å². The van der Waals surface area contributed by atoms with Gasteiger partial charge in [0.1, 0.15) is 0 Å². The zero-order valence-corrected chi connectivity index (χ0v) is 10.3. The molecule has 0 radical (unpaired) electrons. The first-order chi connectivity index (χ1) is 9.52. The van der Waals surface area contributed by atoms with Crippen LogP contribution >= 0.6 is 0 Å². The highest BCUT2D eigenvalue weighted by atomic mass is 16.6. The van der Waals surface area contributed by atoms with E-state index < -0.39 is 16.3 Å². The Balaban J connectivity index is 2.45. The second-order valence-electron chi connectivity index (χ2n) is 3.74. The number of benzene rings is 1. The van der Waals surface area contributed by atoms with Crippen LogP contribution in [-0.4, -0.2) is 27.8 Å². The van der Waals surface area contributed by atoms with Gasteiger partial charge in [-0.1, -0.05) is 0 Å². The van der Waals surface area contributed by atoms with Gasteiger partial charge in [-0.25, -0.2) is 9.48 Å². The van der Waals surface area contributed by atoms with Gasteiger partial charge in [0, 0.05) is 24.4 Å². The van der Waals surface area contributed by atoms with Gasteiger partial charge in [0.05, 0.1) is 17.7 Å². The van der Waals surface area contributed by atoms with E-state index in [4.69, 9.17) is 0 Å². The van der Waals surface area contributed by atoms with E-state index >= 15 is 0 Å². The summed E-state index contributed by atoms with van der Waals surface area (Å²) in [5, 5.41) is 14.4. The van der Waals surface area contributed by atoms with Crippen LogP contribution in [0, 0.1) is 10.1 Å². The highest BCUT2D eigenvalue weighted by Gasteiger charge is 2.13. The quantitative estimate of drug-likeness (QED) is 0.468. The molecule has 1 aromatic carbocycles. The van der Waals surface area contributed by atoms with Crippen molar-refractivity contribution < 1.29 is 14.5 Å². The van der Waals surface area contributed by atoms with Crippen LogP contribution in [0.1, 0.15) is 10.5 Å². The topological polar surface area (TPSA) is 104 Å². The lowest BCUT2D eigenvalue weighted by molar-refractivity contribution is -0.384. The first-order valence-corrected chi connectivity index (χ1v) is 5.46. The molecule has 0 saturated heterocycles. The fourth-order valence-corrected chi connectivity index (χ4v) is 1.52. The van der Waals surface area contributed by atoms with Crippen molar-refractivity contribution in [3.8, 4) is 5.69 Å². The predicted octanol–water partition coefficient (Wildman–Crippen LogP) is 0.927. The molecule has 0 aliphatic heterocycles. The molecule has 2 aromatic rings. The van der Waals surface area contributed by atoms with Gasteiger partial charge in [-0.15, -0.1) is 0 Å². The molecule has 0 fully saturated rings. The van der Waals surface area contributed by atoms with Crippen LogP contribution in [0.3, 0.4) is 0 Å². The monoisotopic (exact) mass is 275 g/mol. The minimum atomic E-state index is -0.841. The summed E-state index contributed by atoms with van der Waals surface area (Å²) in [4.78, 5) is 32.9. The minimum Gasteiger partial charge on any atom is -0.464 e. The number of aromatic nitrogens is 2. The summed E-state index contributed by atoms with van der Waals surface area (Å²) in [5.41, 5.74) is -0.507. The Bertz CT molecular complexity index is 721. The maximum Gasteiger partial charge on any atom is 0.362 e. The molecule has 102 valence electrons. The summed E-state index contributed by atoms with van der Waals surface area (Å²) in [6, 6.07) is 6.67. The third-order valence-corrected chi connectivity index (χ3v) is 2.51. The van der Waals surface area contributed by atoms with E-state index in [1.165, 1.54) is 41.2 Å². The van der Waals surface area contributed by atoms with Gasteiger partial charge in [0.15, 0.2) is 0 Å². The molecule has 8 nitrogen and oxygen atoms in total. The first-order valence-electron chi connectivity index (χ1n) is 5.46. The SMILES string of the molecule is COC(=O)c1nn(-c2ccc([N+](=O)[O-])cc2)ccc1=O. The van der Waals surface area contributed by atoms with E-state index in [1.807, 2.05) is 0 Å². The molecule has 1 heterocycles. The first kappa shape index (κ1) is 13.4. The lowest BCUT2D eigenvalue weighted by Gasteiger charge is -2.06. The number of carbonyl (C=O) groups is 1. The average Bonchev–Trinajstić information content (AvgIpc) is 2.47. The minimum absolute atomic E-state index is 0.0667. The molecule has 0 spiro atoms. The number of non-ortho nitro benzene ring substituents is 1. The normalized spacial score (nSPS) is 10.1. The van der Waals surface area contributed by atoms with Gasteiger partial charge in [-0.05, 0) is 12.1 Å². The molecular formula is C12H9N3O5. The Morgan fingerprint density at radius 2 is 1.95 bits per heavy atom. The van der Waals surface area contributed by atoms with Crippen molar-refractivity contribution in [3.63, 3.8) is 0 Å². The molecule has 0 saturated carbocycles. The van der Waals surface area contributed by atoms with E-state index in [9.17, 15) is 19.7 Å². The second kappa shape index (κ2) is 5.31.